The van der Waals surface area contributed by atoms with E-state index in [0.717, 1.165) is 28.4 Å². The average Bonchev–Trinajstić information content (AvgIpc) is 2.56. The second kappa shape index (κ2) is 6.68. The van der Waals surface area contributed by atoms with Crippen LogP contribution in [0.2, 0.25) is 0 Å². The van der Waals surface area contributed by atoms with Crippen molar-refractivity contribution in [3.05, 3.63) is 84.4 Å². The highest BCUT2D eigenvalue weighted by Crippen LogP contribution is 2.23. The van der Waals surface area contributed by atoms with Crippen LogP contribution in [0.5, 0.6) is 11.5 Å². The molecule has 0 radical (unpaired) electrons. The Kier molecular flexibility index (Phi) is 4.25. The molecule has 0 bridgehead atoms. The maximum atomic E-state index is 5.93. The molecule has 0 saturated carbocycles. The van der Waals surface area contributed by atoms with Gasteiger partial charge in [0, 0.05) is 17.9 Å². The zero-order valence-corrected chi connectivity index (χ0v) is 12.2. The fraction of sp³-hybridized carbons (Fsp3) is 0.0526. The summed E-state index contributed by atoms with van der Waals surface area (Å²) < 4.78 is 5.77. The SMILES string of the molecule is Nc1ccccc1CNc1ccc(Oc2ccccc2)cc1. The van der Waals surface area contributed by atoms with Crippen LogP contribution in [0.1, 0.15) is 5.56 Å². The number of anilines is 2. The molecule has 0 unspecified atom stereocenters. The number of hydrogen-bond acceptors (Lipinski definition) is 3. The molecule has 0 aliphatic heterocycles. The van der Waals surface area contributed by atoms with Crippen LogP contribution in [0.4, 0.5) is 11.4 Å². The third kappa shape index (κ3) is 3.58. The first-order valence-electron chi connectivity index (χ1n) is 7.21. The number of ether oxygens (including phenoxy) is 1. The molecule has 0 saturated heterocycles. The van der Waals surface area contributed by atoms with Crippen molar-refractivity contribution in [2.75, 3.05) is 11.1 Å². The van der Waals surface area contributed by atoms with Gasteiger partial charge in [-0.2, -0.15) is 0 Å². The highest BCUT2D eigenvalue weighted by molar-refractivity contribution is 5.51. The summed E-state index contributed by atoms with van der Waals surface area (Å²) in [6.07, 6.45) is 0. The highest BCUT2D eigenvalue weighted by atomic mass is 16.5. The fourth-order valence-electron chi connectivity index (χ4n) is 2.16. The topological polar surface area (TPSA) is 47.3 Å². The van der Waals surface area contributed by atoms with Crippen molar-refractivity contribution in [3.63, 3.8) is 0 Å². The van der Waals surface area contributed by atoms with Crippen molar-refractivity contribution in [2.45, 2.75) is 6.54 Å². The molecule has 22 heavy (non-hydrogen) atoms. The molecule has 0 aromatic heterocycles. The molecule has 3 rings (SSSR count). The van der Waals surface area contributed by atoms with Crippen molar-refractivity contribution in [3.8, 4) is 11.5 Å². The zero-order valence-electron chi connectivity index (χ0n) is 12.2. The van der Waals surface area contributed by atoms with Crippen LogP contribution in [0.15, 0.2) is 78.9 Å². The van der Waals surface area contributed by atoms with Gasteiger partial charge in [-0.15, -0.1) is 0 Å². The standard InChI is InChI=1S/C19H18N2O/c20-19-9-5-4-6-15(19)14-21-16-10-12-18(13-11-16)22-17-7-2-1-3-8-17/h1-13,21H,14,20H2. The molecule has 3 N–H and O–H groups in total. The van der Waals surface area contributed by atoms with E-state index in [4.69, 9.17) is 10.5 Å². The molecule has 110 valence electrons. The Morgan fingerprint density at radius 2 is 1.36 bits per heavy atom. The van der Waals surface area contributed by atoms with Crippen LogP contribution in [-0.4, -0.2) is 0 Å². The zero-order chi connectivity index (χ0) is 15.2. The van der Waals surface area contributed by atoms with E-state index in [1.54, 1.807) is 0 Å². The van der Waals surface area contributed by atoms with Crippen LogP contribution >= 0.6 is 0 Å². The Labute approximate surface area is 130 Å². The molecular formula is C19H18N2O. The Balaban J connectivity index is 1.61. The number of nitrogens with one attached hydrogen (secondary N) is 1. The van der Waals surface area contributed by atoms with E-state index >= 15 is 0 Å². The fourth-order valence-corrected chi connectivity index (χ4v) is 2.16. The number of hydrogen-bond donors (Lipinski definition) is 2. The van der Waals surface area contributed by atoms with Gasteiger partial charge in [-0.1, -0.05) is 36.4 Å². The minimum Gasteiger partial charge on any atom is -0.457 e. The summed E-state index contributed by atoms with van der Waals surface area (Å²) in [5, 5.41) is 3.36. The molecule has 3 aromatic rings. The van der Waals surface area contributed by atoms with Crippen LogP contribution in [0.25, 0.3) is 0 Å². The lowest BCUT2D eigenvalue weighted by atomic mass is 10.2. The highest BCUT2D eigenvalue weighted by Gasteiger charge is 1.99. The number of nitrogen functional groups attached to an aromatic ring is 1. The smallest absolute Gasteiger partial charge is 0.127 e. The van der Waals surface area contributed by atoms with Gasteiger partial charge >= 0.3 is 0 Å². The summed E-state index contributed by atoms with van der Waals surface area (Å²) in [5.41, 5.74) is 8.86. The van der Waals surface area contributed by atoms with E-state index in [1.807, 2.05) is 78.9 Å². The van der Waals surface area contributed by atoms with Gasteiger partial charge in [0.05, 0.1) is 0 Å². The maximum absolute atomic E-state index is 5.93. The van der Waals surface area contributed by atoms with E-state index in [1.165, 1.54) is 0 Å². The van der Waals surface area contributed by atoms with E-state index in [9.17, 15) is 0 Å². The van der Waals surface area contributed by atoms with E-state index in [0.29, 0.717) is 6.54 Å². The lowest BCUT2D eigenvalue weighted by Crippen LogP contribution is -2.02. The van der Waals surface area contributed by atoms with Crippen molar-refractivity contribution < 1.29 is 4.74 Å². The summed E-state index contributed by atoms with van der Waals surface area (Å²) in [5.74, 6) is 1.65. The first-order chi connectivity index (χ1) is 10.8. The molecule has 0 fully saturated rings. The largest absolute Gasteiger partial charge is 0.457 e. The average molecular weight is 290 g/mol. The predicted octanol–water partition coefficient (Wildman–Crippen LogP) is 4.67. The monoisotopic (exact) mass is 290 g/mol. The van der Waals surface area contributed by atoms with Crippen molar-refractivity contribution in [2.24, 2.45) is 0 Å². The van der Waals surface area contributed by atoms with Gasteiger partial charge in [0.2, 0.25) is 0 Å². The maximum Gasteiger partial charge on any atom is 0.127 e. The number of rotatable bonds is 5. The summed E-state index contributed by atoms with van der Waals surface area (Å²) in [6.45, 7) is 0.700. The van der Waals surface area contributed by atoms with E-state index in [-0.39, 0.29) is 0 Å². The molecular weight excluding hydrogens is 272 g/mol. The summed E-state index contributed by atoms with van der Waals surface area (Å²) in [7, 11) is 0. The first kappa shape index (κ1) is 14.0. The molecule has 3 heteroatoms. The lowest BCUT2D eigenvalue weighted by molar-refractivity contribution is 0.483. The Bertz CT molecular complexity index is 724. The second-order valence-electron chi connectivity index (χ2n) is 4.99. The van der Waals surface area contributed by atoms with Crippen LogP contribution < -0.4 is 15.8 Å². The third-order valence-electron chi connectivity index (χ3n) is 3.37. The Morgan fingerprint density at radius 3 is 2.09 bits per heavy atom. The van der Waals surface area contributed by atoms with Crippen LogP contribution in [0, 0.1) is 0 Å². The van der Waals surface area contributed by atoms with Crippen molar-refractivity contribution in [1.82, 2.24) is 0 Å². The van der Waals surface area contributed by atoms with Crippen molar-refractivity contribution >= 4 is 11.4 Å². The molecule has 0 aliphatic carbocycles. The van der Waals surface area contributed by atoms with E-state index < -0.39 is 0 Å². The summed E-state index contributed by atoms with van der Waals surface area (Å²) in [4.78, 5) is 0. The van der Waals surface area contributed by atoms with Crippen molar-refractivity contribution in [1.29, 1.82) is 0 Å². The lowest BCUT2D eigenvalue weighted by Gasteiger charge is -2.10. The van der Waals surface area contributed by atoms with Crippen LogP contribution in [-0.2, 0) is 6.54 Å². The quantitative estimate of drug-likeness (QED) is 0.671. The minimum absolute atomic E-state index is 0.700. The first-order valence-corrected chi connectivity index (χ1v) is 7.21. The van der Waals surface area contributed by atoms with Gasteiger partial charge < -0.3 is 15.8 Å². The van der Waals surface area contributed by atoms with Gasteiger partial charge in [-0.05, 0) is 48.0 Å². The summed E-state index contributed by atoms with van der Waals surface area (Å²) >= 11 is 0. The van der Waals surface area contributed by atoms with Gasteiger partial charge in [0.1, 0.15) is 11.5 Å². The third-order valence-corrected chi connectivity index (χ3v) is 3.37. The minimum atomic E-state index is 0.700. The Hall–Kier alpha value is -2.94. The predicted molar refractivity (Wildman–Crippen MR) is 91.1 cm³/mol. The van der Waals surface area contributed by atoms with Gasteiger partial charge in [-0.25, -0.2) is 0 Å². The molecule has 0 atom stereocenters. The molecule has 0 aliphatic rings. The van der Waals surface area contributed by atoms with Gasteiger partial charge in [0.25, 0.3) is 0 Å². The van der Waals surface area contributed by atoms with Crippen LogP contribution in [0.3, 0.4) is 0 Å². The molecule has 0 heterocycles. The van der Waals surface area contributed by atoms with Gasteiger partial charge in [-0.3, -0.25) is 0 Å². The summed E-state index contributed by atoms with van der Waals surface area (Å²) in [6, 6.07) is 25.5. The number of benzene rings is 3. The molecule has 0 amide bonds. The van der Waals surface area contributed by atoms with Gasteiger partial charge in [0.15, 0.2) is 0 Å². The van der Waals surface area contributed by atoms with E-state index in [2.05, 4.69) is 5.32 Å². The molecule has 3 aromatic carbocycles. The molecule has 0 spiro atoms. The second-order valence-corrected chi connectivity index (χ2v) is 4.99. The number of para-hydroxylation sites is 2. The normalized spacial score (nSPS) is 10.2. The Morgan fingerprint density at radius 1 is 0.727 bits per heavy atom. The number of nitrogens with two attached hydrogens (primary N) is 1. The molecule has 3 nitrogen and oxygen atoms in total.